The third-order valence-corrected chi connectivity index (χ3v) is 5.93. The zero-order valence-corrected chi connectivity index (χ0v) is 17.4. The molecule has 0 bridgehead atoms. The molecule has 0 saturated heterocycles. The molecule has 0 radical (unpaired) electrons. The Labute approximate surface area is 176 Å². The molecule has 156 valence electrons. The molecule has 8 heteroatoms. The van der Waals surface area contributed by atoms with Gasteiger partial charge in [-0.15, -0.1) is 0 Å². The molecule has 0 atom stereocenters. The summed E-state index contributed by atoms with van der Waals surface area (Å²) in [6.45, 7) is 0.849. The molecule has 1 aliphatic heterocycles. The standard InChI is InChI=1S/C22H24N4O3S/c23-30(28,29)15-16-10-12-18(13-11-16)24-22(27)20-19-9-5-2-6-14-26(19)21(25-20)17-7-3-1-4-8-17/h1,3-4,7-8,10-13H,2,5-6,9,14-15H2,(H,24,27)(H2,23,28,29). The molecule has 0 spiro atoms. The monoisotopic (exact) mass is 424 g/mol. The first-order valence-corrected chi connectivity index (χ1v) is 11.7. The average molecular weight is 425 g/mol. The molecule has 1 amide bonds. The van der Waals surface area contributed by atoms with Crippen molar-refractivity contribution in [2.45, 2.75) is 38.0 Å². The van der Waals surface area contributed by atoms with E-state index in [2.05, 4.69) is 9.88 Å². The van der Waals surface area contributed by atoms with E-state index in [1.54, 1.807) is 24.3 Å². The zero-order chi connectivity index (χ0) is 21.1. The number of benzene rings is 2. The molecule has 3 aromatic rings. The molecule has 0 aliphatic carbocycles. The van der Waals surface area contributed by atoms with Gasteiger partial charge in [0.2, 0.25) is 10.0 Å². The number of nitrogens with two attached hydrogens (primary N) is 1. The summed E-state index contributed by atoms with van der Waals surface area (Å²) in [4.78, 5) is 17.8. The minimum atomic E-state index is -3.59. The van der Waals surface area contributed by atoms with Gasteiger partial charge < -0.3 is 9.88 Å². The Balaban J connectivity index is 1.62. The smallest absolute Gasteiger partial charge is 0.276 e. The molecule has 0 fully saturated rings. The number of amides is 1. The third-order valence-electron chi connectivity index (χ3n) is 5.19. The fraction of sp³-hybridized carbons (Fsp3) is 0.273. The van der Waals surface area contributed by atoms with E-state index >= 15 is 0 Å². The molecule has 7 nitrogen and oxygen atoms in total. The second-order valence-corrected chi connectivity index (χ2v) is 9.13. The molecule has 4 rings (SSSR count). The van der Waals surface area contributed by atoms with Crippen LogP contribution >= 0.6 is 0 Å². The molecule has 1 aliphatic rings. The average Bonchev–Trinajstić information content (AvgIpc) is 2.90. The molecule has 1 aromatic heterocycles. The largest absolute Gasteiger partial charge is 0.327 e. The number of aromatic nitrogens is 2. The third kappa shape index (κ3) is 4.60. The van der Waals surface area contributed by atoms with Gasteiger partial charge in [-0.25, -0.2) is 18.5 Å². The van der Waals surface area contributed by atoms with Crippen molar-refractivity contribution in [1.82, 2.24) is 9.55 Å². The van der Waals surface area contributed by atoms with Crippen molar-refractivity contribution in [2.75, 3.05) is 5.32 Å². The van der Waals surface area contributed by atoms with Crippen molar-refractivity contribution in [2.24, 2.45) is 5.14 Å². The van der Waals surface area contributed by atoms with Crippen molar-refractivity contribution in [3.8, 4) is 11.4 Å². The van der Waals surface area contributed by atoms with Crippen molar-refractivity contribution >= 4 is 21.6 Å². The maximum atomic E-state index is 13.1. The van der Waals surface area contributed by atoms with E-state index in [9.17, 15) is 13.2 Å². The number of nitrogens with one attached hydrogen (secondary N) is 1. The molecular weight excluding hydrogens is 400 g/mol. The predicted octanol–water partition coefficient (Wildman–Crippen LogP) is 3.32. The van der Waals surface area contributed by atoms with Crippen LogP contribution in [0.5, 0.6) is 0 Å². The van der Waals surface area contributed by atoms with Crippen LogP contribution in [0.4, 0.5) is 5.69 Å². The van der Waals surface area contributed by atoms with Crippen molar-refractivity contribution in [3.05, 3.63) is 71.5 Å². The van der Waals surface area contributed by atoms with Gasteiger partial charge >= 0.3 is 0 Å². The van der Waals surface area contributed by atoms with E-state index in [1.807, 2.05) is 30.3 Å². The first-order chi connectivity index (χ1) is 14.4. The Kier molecular flexibility index (Phi) is 5.69. The Bertz CT molecular complexity index is 1150. The summed E-state index contributed by atoms with van der Waals surface area (Å²) in [5, 5.41) is 7.97. The number of anilines is 1. The molecule has 2 aromatic carbocycles. The fourth-order valence-corrected chi connectivity index (χ4v) is 4.47. The highest BCUT2D eigenvalue weighted by Crippen LogP contribution is 2.27. The summed E-state index contributed by atoms with van der Waals surface area (Å²) in [6.07, 6.45) is 4.04. The summed E-state index contributed by atoms with van der Waals surface area (Å²) >= 11 is 0. The quantitative estimate of drug-likeness (QED) is 0.655. The minimum Gasteiger partial charge on any atom is -0.327 e. The van der Waals surface area contributed by atoms with Crippen molar-refractivity contribution in [1.29, 1.82) is 0 Å². The summed E-state index contributed by atoms with van der Waals surface area (Å²) < 4.78 is 24.6. The van der Waals surface area contributed by atoms with Gasteiger partial charge in [0, 0.05) is 17.8 Å². The van der Waals surface area contributed by atoms with Crippen LogP contribution in [0.3, 0.4) is 0 Å². The maximum absolute atomic E-state index is 13.1. The predicted molar refractivity (Wildman–Crippen MR) is 116 cm³/mol. The molecule has 0 saturated carbocycles. The number of hydrogen-bond acceptors (Lipinski definition) is 4. The van der Waals surface area contributed by atoms with Crippen molar-refractivity contribution < 1.29 is 13.2 Å². The highest BCUT2D eigenvalue weighted by molar-refractivity contribution is 7.88. The number of imidazole rings is 1. The van der Waals surface area contributed by atoms with Gasteiger partial charge in [-0.05, 0) is 37.0 Å². The van der Waals surface area contributed by atoms with Gasteiger partial charge in [-0.3, -0.25) is 4.79 Å². The van der Waals surface area contributed by atoms with Crippen LogP contribution < -0.4 is 10.5 Å². The van der Waals surface area contributed by atoms with Crippen LogP contribution in [-0.2, 0) is 28.7 Å². The lowest BCUT2D eigenvalue weighted by Crippen LogP contribution is -2.16. The van der Waals surface area contributed by atoms with E-state index in [0.29, 0.717) is 16.9 Å². The lowest BCUT2D eigenvalue weighted by atomic mass is 10.1. The van der Waals surface area contributed by atoms with Crippen LogP contribution in [0, 0.1) is 0 Å². The summed E-state index contributed by atoms with van der Waals surface area (Å²) in [5.74, 6) is 0.319. The Hall–Kier alpha value is -2.97. The second kappa shape index (κ2) is 8.41. The number of sulfonamides is 1. The zero-order valence-electron chi connectivity index (χ0n) is 16.5. The molecule has 30 heavy (non-hydrogen) atoms. The number of rotatable bonds is 5. The molecule has 0 unspecified atom stereocenters. The summed E-state index contributed by atoms with van der Waals surface area (Å²) in [6, 6.07) is 16.5. The lowest BCUT2D eigenvalue weighted by Gasteiger charge is -2.09. The van der Waals surface area contributed by atoms with E-state index in [0.717, 1.165) is 49.3 Å². The Morgan fingerprint density at radius 3 is 2.47 bits per heavy atom. The van der Waals surface area contributed by atoms with E-state index in [-0.39, 0.29) is 11.7 Å². The van der Waals surface area contributed by atoms with Crippen LogP contribution in [0.2, 0.25) is 0 Å². The lowest BCUT2D eigenvalue weighted by molar-refractivity contribution is 0.102. The van der Waals surface area contributed by atoms with E-state index in [4.69, 9.17) is 10.1 Å². The van der Waals surface area contributed by atoms with Crippen LogP contribution in [0.25, 0.3) is 11.4 Å². The maximum Gasteiger partial charge on any atom is 0.276 e. The van der Waals surface area contributed by atoms with E-state index < -0.39 is 10.0 Å². The van der Waals surface area contributed by atoms with Crippen molar-refractivity contribution in [3.63, 3.8) is 0 Å². The van der Waals surface area contributed by atoms with Crippen LogP contribution in [-0.4, -0.2) is 23.9 Å². The number of primary sulfonamides is 1. The second-order valence-electron chi connectivity index (χ2n) is 7.52. The summed E-state index contributed by atoms with van der Waals surface area (Å²) in [7, 11) is -3.59. The van der Waals surface area contributed by atoms with E-state index in [1.165, 1.54) is 0 Å². The summed E-state index contributed by atoms with van der Waals surface area (Å²) in [5.41, 5.74) is 3.55. The molecule has 2 heterocycles. The van der Waals surface area contributed by atoms with Gasteiger partial charge in [-0.1, -0.05) is 48.9 Å². The Morgan fingerprint density at radius 2 is 1.77 bits per heavy atom. The van der Waals surface area contributed by atoms with Crippen LogP contribution in [0.1, 0.15) is 41.0 Å². The van der Waals surface area contributed by atoms with Crippen LogP contribution in [0.15, 0.2) is 54.6 Å². The van der Waals surface area contributed by atoms with Gasteiger partial charge in [0.15, 0.2) is 0 Å². The van der Waals surface area contributed by atoms with Gasteiger partial charge in [0.1, 0.15) is 11.5 Å². The van der Waals surface area contributed by atoms with Gasteiger partial charge in [0.25, 0.3) is 5.91 Å². The minimum absolute atomic E-state index is 0.240. The SMILES string of the molecule is NS(=O)(=O)Cc1ccc(NC(=O)c2nc(-c3ccccc3)n3c2CCCCC3)cc1. The topological polar surface area (TPSA) is 107 Å². The number of fused-ring (bicyclic) bond motifs is 1. The number of hydrogen-bond donors (Lipinski definition) is 2. The highest BCUT2D eigenvalue weighted by atomic mass is 32.2. The highest BCUT2D eigenvalue weighted by Gasteiger charge is 2.24. The normalized spacial score (nSPS) is 14.0. The number of nitrogens with zero attached hydrogens (tertiary/aromatic N) is 2. The number of carbonyl (C=O) groups is 1. The Morgan fingerprint density at radius 1 is 1.03 bits per heavy atom. The molecule has 3 N–H and O–H groups in total. The van der Waals surface area contributed by atoms with Gasteiger partial charge in [-0.2, -0.15) is 0 Å². The van der Waals surface area contributed by atoms with Gasteiger partial charge in [0.05, 0.1) is 11.4 Å². The number of carbonyl (C=O) groups excluding carboxylic acids is 1. The first kappa shape index (κ1) is 20.3. The first-order valence-electron chi connectivity index (χ1n) is 9.96. The fourth-order valence-electron chi connectivity index (χ4n) is 3.82. The molecular formula is C22H24N4O3S.